The average molecular weight is 600 g/mol. The summed E-state index contributed by atoms with van der Waals surface area (Å²) in [4.78, 5) is 36.4. The summed E-state index contributed by atoms with van der Waals surface area (Å²) in [6.45, 7) is 3.67. The first-order valence-electron chi connectivity index (χ1n) is 12.2. The number of hydrogen-bond donors (Lipinski definition) is 2. The molecule has 1 aromatic carbocycles. The highest BCUT2D eigenvalue weighted by Crippen LogP contribution is 2.35. The summed E-state index contributed by atoms with van der Waals surface area (Å²) in [7, 11) is 5.17. The van der Waals surface area contributed by atoms with Crippen molar-refractivity contribution in [1.29, 1.82) is 0 Å². The third kappa shape index (κ3) is 6.23. The van der Waals surface area contributed by atoms with E-state index in [9.17, 15) is 9.59 Å². The Morgan fingerprint density at radius 3 is 2.63 bits per heavy atom. The Hall–Kier alpha value is -3.28. The summed E-state index contributed by atoms with van der Waals surface area (Å²) < 4.78 is 8.90. The lowest BCUT2D eigenvalue weighted by Gasteiger charge is -2.36. The summed E-state index contributed by atoms with van der Waals surface area (Å²) >= 11 is 5.11. The van der Waals surface area contributed by atoms with E-state index in [2.05, 4.69) is 60.1 Å². The molecule has 2 atom stereocenters. The number of aryl methyl sites for hydroxylation is 1. The number of nitrogens with zero attached hydrogens (tertiary/aromatic N) is 4. The molecule has 9 nitrogen and oxygen atoms in total. The van der Waals surface area contributed by atoms with Crippen LogP contribution in [0.1, 0.15) is 27.7 Å². The zero-order valence-corrected chi connectivity index (χ0v) is 24.2. The Labute approximate surface area is 234 Å². The Bertz CT molecular complexity index is 1390. The van der Waals surface area contributed by atoms with Gasteiger partial charge < -0.3 is 24.8 Å². The fourth-order valence-electron chi connectivity index (χ4n) is 4.75. The van der Waals surface area contributed by atoms with Crippen molar-refractivity contribution in [3.63, 3.8) is 0 Å². The first-order chi connectivity index (χ1) is 18.3. The van der Waals surface area contributed by atoms with E-state index in [1.54, 1.807) is 37.8 Å². The number of thiophene rings is 1. The molecule has 0 radical (unpaired) electrons. The minimum atomic E-state index is -0.236. The van der Waals surface area contributed by atoms with Gasteiger partial charge >= 0.3 is 0 Å². The topological polar surface area (TPSA) is 101 Å². The number of carbonyl (C=O) groups excluding carboxylic acids is 2. The number of piperidine rings is 1. The van der Waals surface area contributed by atoms with Crippen molar-refractivity contribution in [3.8, 4) is 17.3 Å². The number of imidazole rings is 1. The van der Waals surface area contributed by atoms with Crippen molar-refractivity contribution in [1.82, 2.24) is 30.1 Å². The second kappa shape index (κ2) is 12.5. The molecule has 1 aliphatic heterocycles. The number of methoxy groups -OCH3 is 1. The molecule has 3 aromatic heterocycles. The number of likely N-dealkylation sites (N-methyl/N-ethyl adjacent to an activating group) is 1. The van der Waals surface area contributed by atoms with Gasteiger partial charge in [-0.25, -0.2) is 4.98 Å². The molecule has 1 aliphatic rings. The van der Waals surface area contributed by atoms with Gasteiger partial charge in [0.1, 0.15) is 11.4 Å². The maximum Gasteiger partial charge on any atom is 0.254 e. The van der Waals surface area contributed by atoms with Crippen LogP contribution in [-0.2, 0) is 4.79 Å². The number of aromatic nitrogens is 3. The highest BCUT2D eigenvalue weighted by atomic mass is 79.9. The molecular formula is C27H31BrN6O3S. The zero-order chi connectivity index (χ0) is 27.2. The maximum absolute atomic E-state index is 12.4. The minimum absolute atomic E-state index is 0.0299. The number of nitrogens with one attached hydrogen (secondary N) is 2. The van der Waals surface area contributed by atoms with Crippen molar-refractivity contribution >= 4 is 50.6 Å². The van der Waals surface area contributed by atoms with Gasteiger partial charge in [0.2, 0.25) is 6.41 Å². The lowest BCUT2D eigenvalue weighted by atomic mass is 10.0. The monoisotopic (exact) mass is 598 g/mol. The summed E-state index contributed by atoms with van der Waals surface area (Å²) in [5, 5.41) is 5.57. The van der Waals surface area contributed by atoms with Crippen LogP contribution in [-0.4, -0.2) is 72.1 Å². The number of fused-ring (bicyclic) bond motifs is 1. The third-order valence-corrected chi connectivity index (χ3v) is 7.90. The second-order valence-electron chi connectivity index (χ2n) is 9.08. The van der Waals surface area contributed by atoms with Gasteiger partial charge in [-0.05, 0) is 66.7 Å². The predicted molar refractivity (Wildman–Crippen MR) is 154 cm³/mol. The number of halogens is 1. The van der Waals surface area contributed by atoms with Crippen LogP contribution in [0.15, 0.2) is 52.4 Å². The summed E-state index contributed by atoms with van der Waals surface area (Å²) in [6.07, 6.45) is 3.25. The van der Waals surface area contributed by atoms with E-state index in [0.717, 1.165) is 43.0 Å². The average Bonchev–Trinajstić information content (AvgIpc) is 3.49. The number of carbonyl (C=O) groups is 2. The molecule has 0 spiro atoms. The van der Waals surface area contributed by atoms with Crippen molar-refractivity contribution in [2.24, 2.45) is 0 Å². The molecule has 0 saturated carbocycles. The molecule has 0 aliphatic carbocycles. The van der Waals surface area contributed by atoms with Gasteiger partial charge in [0, 0.05) is 43.3 Å². The van der Waals surface area contributed by atoms with E-state index in [0.29, 0.717) is 16.8 Å². The Morgan fingerprint density at radius 1 is 1.24 bits per heavy atom. The van der Waals surface area contributed by atoms with Crippen LogP contribution in [0, 0.1) is 6.92 Å². The molecule has 2 N–H and O–H groups in total. The quantitative estimate of drug-likeness (QED) is 0.321. The van der Waals surface area contributed by atoms with Gasteiger partial charge in [-0.2, -0.15) is 0 Å². The van der Waals surface area contributed by atoms with Crippen molar-refractivity contribution in [2.75, 3.05) is 34.3 Å². The highest BCUT2D eigenvalue weighted by Gasteiger charge is 2.30. The van der Waals surface area contributed by atoms with Crippen molar-refractivity contribution in [3.05, 3.63) is 62.9 Å². The van der Waals surface area contributed by atoms with E-state index in [4.69, 9.17) is 9.72 Å². The Balaban J connectivity index is 0.000000417. The van der Waals surface area contributed by atoms with Gasteiger partial charge in [0.25, 0.3) is 5.91 Å². The molecule has 5 rings (SSSR count). The van der Waals surface area contributed by atoms with Gasteiger partial charge in [-0.15, -0.1) is 11.3 Å². The van der Waals surface area contributed by atoms with Crippen LogP contribution in [0.25, 0.3) is 22.6 Å². The number of pyridine rings is 1. The van der Waals surface area contributed by atoms with Crippen molar-refractivity contribution in [2.45, 2.75) is 25.4 Å². The molecule has 1 saturated heterocycles. The van der Waals surface area contributed by atoms with Crippen LogP contribution < -0.4 is 15.4 Å². The summed E-state index contributed by atoms with van der Waals surface area (Å²) in [5.74, 6) is 0.962. The molecule has 1 fully saturated rings. The smallest absolute Gasteiger partial charge is 0.254 e. The van der Waals surface area contributed by atoms with E-state index < -0.39 is 0 Å². The molecule has 200 valence electrons. The van der Waals surface area contributed by atoms with Gasteiger partial charge in [0.05, 0.1) is 33.5 Å². The van der Waals surface area contributed by atoms with Crippen LogP contribution in [0.5, 0.6) is 5.75 Å². The zero-order valence-electron chi connectivity index (χ0n) is 21.8. The molecule has 4 heterocycles. The first kappa shape index (κ1) is 27.7. The van der Waals surface area contributed by atoms with Crippen LogP contribution in [0.4, 0.5) is 0 Å². The number of amides is 2. The maximum atomic E-state index is 12.4. The standard InChI is InChI=1S/C22H26N6O3.C5H5BrS/c1-23-22(30)16-9-18-19(10-20(16)31-3)28(21(26-18)17-6-4-5-7-24-17)15-8-14(25-13-29)11-27(2)12-15;1-4-2-3-5(6)7-4/h4-7,9-10,13-15H,8,11-12H2,1-3H3,(H,23,30)(H,25,29);2-3H,1H3. The normalized spacial score (nSPS) is 17.4. The van der Waals surface area contributed by atoms with Crippen LogP contribution in [0.2, 0.25) is 0 Å². The molecule has 0 bridgehead atoms. The van der Waals surface area contributed by atoms with Crippen LogP contribution in [0.3, 0.4) is 0 Å². The predicted octanol–water partition coefficient (Wildman–Crippen LogP) is 4.28. The molecule has 4 aromatic rings. The van der Waals surface area contributed by atoms with Crippen molar-refractivity contribution < 1.29 is 14.3 Å². The molecule has 2 amide bonds. The number of hydrogen-bond acceptors (Lipinski definition) is 7. The number of likely N-dealkylation sites (tertiary alicyclic amines) is 1. The van der Waals surface area contributed by atoms with Gasteiger partial charge in [-0.3, -0.25) is 14.6 Å². The second-order valence-corrected chi connectivity index (χ2v) is 11.8. The highest BCUT2D eigenvalue weighted by molar-refractivity contribution is 9.11. The fourth-order valence-corrected chi connectivity index (χ4v) is 6.22. The Kier molecular flexibility index (Phi) is 9.13. The van der Waals surface area contributed by atoms with Gasteiger partial charge in [-0.1, -0.05) is 6.07 Å². The molecule has 2 unspecified atom stereocenters. The molecular weight excluding hydrogens is 568 g/mol. The van der Waals surface area contributed by atoms with E-state index in [1.165, 1.54) is 8.66 Å². The lowest BCUT2D eigenvalue weighted by Crippen LogP contribution is -2.47. The largest absolute Gasteiger partial charge is 0.496 e. The van der Waals surface area contributed by atoms with Gasteiger partial charge in [0.15, 0.2) is 5.82 Å². The first-order valence-corrected chi connectivity index (χ1v) is 13.8. The summed E-state index contributed by atoms with van der Waals surface area (Å²) in [5.41, 5.74) is 2.71. The number of rotatable bonds is 6. The third-order valence-electron chi connectivity index (χ3n) is 6.36. The SMILES string of the molecule is CNC(=O)c1cc2nc(-c3ccccn3)n(C3CC(NC=O)CN(C)C3)c2cc1OC.Cc1ccc(Br)s1. The number of benzene rings is 1. The fraction of sp³-hybridized carbons (Fsp3) is 0.333. The Morgan fingerprint density at radius 2 is 2.05 bits per heavy atom. The van der Waals surface area contributed by atoms with Crippen LogP contribution >= 0.6 is 27.3 Å². The van der Waals surface area contributed by atoms with E-state index in [1.807, 2.05) is 31.3 Å². The lowest BCUT2D eigenvalue weighted by molar-refractivity contribution is -0.110. The molecule has 38 heavy (non-hydrogen) atoms. The number of ether oxygens (including phenoxy) is 1. The molecule has 11 heteroatoms. The minimum Gasteiger partial charge on any atom is -0.496 e. The van der Waals surface area contributed by atoms with E-state index >= 15 is 0 Å². The summed E-state index contributed by atoms with van der Waals surface area (Å²) in [6, 6.07) is 13.5. The van der Waals surface area contributed by atoms with E-state index in [-0.39, 0.29) is 18.0 Å².